The van der Waals surface area contributed by atoms with Gasteiger partial charge in [0, 0.05) is 19.3 Å². The highest BCUT2D eigenvalue weighted by Crippen LogP contribution is 2.32. The lowest BCUT2D eigenvalue weighted by Crippen LogP contribution is -2.31. The molecule has 25 heavy (non-hydrogen) atoms. The normalized spacial score (nSPS) is 11.0. The summed E-state index contributed by atoms with van der Waals surface area (Å²) in [6.45, 7) is 9.02. The smallest absolute Gasteiger partial charge is 0.321 e. The zero-order valence-corrected chi connectivity index (χ0v) is 15.7. The number of phenols is 1. The second-order valence-corrected chi connectivity index (χ2v) is 7.07. The summed E-state index contributed by atoms with van der Waals surface area (Å²) < 4.78 is 0. The second-order valence-electron chi connectivity index (χ2n) is 7.07. The molecule has 0 aliphatic heterocycles. The third kappa shape index (κ3) is 4.75. The Morgan fingerprint density at radius 3 is 2.00 bits per heavy atom. The van der Waals surface area contributed by atoms with E-state index in [1.54, 1.807) is 24.1 Å². The van der Waals surface area contributed by atoms with Gasteiger partial charge in [0.1, 0.15) is 5.75 Å². The van der Waals surface area contributed by atoms with E-state index in [4.69, 9.17) is 0 Å². The highest BCUT2D eigenvalue weighted by Gasteiger charge is 2.17. The number of amides is 2. The third-order valence-corrected chi connectivity index (χ3v) is 4.31. The molecule has 0 aliphatic rings. The molecule has 0 atom stereocenters. The molecule has 2 aromatic rings. The molecule has 2 rings (SSSR count). The number of carbonyl (C=O) groups is 1. The predicted molar refractivity (Wildman–Crippen MR) is 103 cm³/mol. The van der Waals surface area contributed by atoms with Crippen molar-refractivity contribution in [1.82, 2.24) is 4.90 Å². The van der Waals surface area contributed by atoms with E-state index in [1.165, 1.54) is 0 Å². The van der Waals surface area contributed by atoms with Crippen molar-refractivity contribution in [3.63, 3.8) is 0 Å². The molecular formula is C21H28N2O2. The van der Waals surface area contributed by atoms with Gasteiger partial charge in [-0.1, -0.05) is 58.0 Å². The van der Waals surface area contributed by atoms with E-state index in [0.29, 0.717) is 18.4 Å². The first kappa shape index (κ1) is 18.8. The Kier molecular flexibility index (Phi) is 6.07. The molecule has 0 radical (unpaired) electrons. The number of aromatic hydroxyl groups is 1. The molecule has 0 aromatic heterocycles. The van der Waals surface area contributed by atoms with Gasteiger partial charge < -0.3 is 15.3 Å². The summed E-state index contributed by atoms with van der Waals surface area (Å²) in [5.74, 6) is 0.885. The number of benzene rings is 2. The Bertz CT molecular complexity index is 695. The largest absolute Gasteiger partial charge is 0.508 e. The van der Waals surface area contributed by atoms with Crippen molar-refractivity contribution in [2.24, 2.45) is 0 Å². The summed E-state index contributed by atoms with van der Waals surface area (Å²) in [6.07, 6.45) is 0. The highest BCUT2D eigenvalue weighted by molar-refractivity contribution is 5.91. The lowest BCUT2D eigenvalue weighted by molar-refractivity contribution is 0.220. The fraction of sp³-hybridized carbons (Fsp3) is 0.381. The molecule has 0 spiro atoms. The van der Waals surface area contributed by atoms with Crippen LogP contribution in [0.1, 0.15) is 56.2 Å². The van der Waals surface area contributed by atoms with Crippen LogP contribution in [0.3, 0.4) is 0 Å². The Hall–Kier alpha value is -2.49. The Labute approximate surface area is 150 Å². The van der Waals surface area contributed by atoms with Gasteiger partial charge in [-0.05, 0) is 40.7 Å². The number of urea groups is 1. The Morgan fingerprint density at radius 2 is 1.52 bits per heavy atom. The zero-order chi connectivity index (χ0) is 18.6. The summed E-state index contributed by atoms with van der Waals surface area (Å²) in [5, 5.41) is 12.5. The molecule has 134 valence electrons. The van der Waals surface area contributed by atoms with E-state index in [0.717, 1.165) is 22.4 Å². The van der Waals surface area contributed by atoms with Crippen molar-refractivity contribution < 1.29 is 9.90 Å². The Morgan fingerprint density at radius 1 is 1.00 bits per heavy atom. The average molecular weight is 340 g/mol. The molecule has 2 amide bonds. The molecule has 4 nitrogen and oxygen atoms in total. The lowest BCUT2D eigenvalue weighted by Gasteiger charge is -2.23. The summed E-state index contributed by atoms with van der Waals surface area (Å²) in [6, 6.07) is 13.0. The van der Waals surface area contributed by atoms with Crippen molar-refractivity contribution in [2.75, 3.05) is 12.4 Å². The lowest BCUT2D eigenvalue weighted by atomic mass is 9.93. The van der Waals surface area contributed by atoms with Gasteiger partial charge in [0.05, 0.1) is 0 Å². The van der Waals surface area contributed by atoms with E-state index in [-0.39, 0.29) is 11.8 Å². The molecular weight excluding hydrogens is 312 g/mol. The van der Waals surface area contributed by atoms with Gasteiger partial charge in [-0.25, -0.2) is 4.79 Å². The van der Waals surface area contributed by atoms with Gasteiger partial charge in [0.25, 0.3) is 0 Å². The maximum Gasteiger partial charge on any atom is 0.321 e. The number of hydrogen-bond acceptors (Lipinski definition) is 2. The first-order valence-electron chi connectivity index (χ1n) is 8.72. The molecule has 2 N–H and O–H groups in total. The van der Waals surface area contributed by atoms with Crippen LogP contribution < -0.4 is 5.32 Å². The zero-order valence-electron chi connectivity index (χ0n) is 15.7. The quantitative estimate of drug-likeness (QED) is 0.775. The van der Waals surface area contributed by atoms with Crippen molar-refractivity contribution in [3.8, 4) is 5.75 Å². The van der Waals surface area contributed by atoms with Crippen molar-refractivity contribution >= 4 is 11.7 Å². The standard InChI is InChI=1S/C21H28N2O2/c1-14(2)18-7-6-8-19(15(3)4)20(18)22-21(25)23(5)13-16-9-11-17(24)12-10-16/h6-12,14-15,24H,13H2,1-5H3,(H,22,25). The maximum absolute atomic E-state index is 12.7. The first-order valence-corrected chi connectivity index (χ1v) is 8.72. The van der Waals surface area contributed by atoms with Crippen LogP contribution in [-0.4, -0.2) is 23.1 Å². The van der Waals surface area contributed by atoms with Crippen LogP contribution in [0.4, 0.5) is 10.5 Å². The summed E-state index contributed by atoms with van der Waals surface area (Å²) >= 11 is 0. The van der Waals surface area contributed by atoms with Crippen molar-refractivity contribution in [1.29, 1.82) is 0 Å². The first-order chi connectivity index (χ1) is 11.8. The number of anilines is 1. The Balaban J connectivity index is 2.20. The number of phenolic OH excluding ortho intramolecular Hbond substituents is 1. The van der Waals surface area contributed by atoms with Crippen molar-refractivity contribution in [2.45, 2.75) is 46.1 Å². The topological polar surface area (TPSA) is 52.6 Å². The van der Waals surface area contributed by atoms with Gasteiger partial charge in [0.2, 0.25) is 0 Å². The highest BCUT2D eigenvalue weighted by atomic mass is 16.3. The molecule has 0 unspecified atom stereocenters. The second kappa shape index (κ2) is 8.06. The number of para-hydroxylation sites is 1. The average Bonchev–Trinajstić information content (AvgIpc) is 2.56. The maximum atomic E-state index is 12.7. The minimum atomic E-state index is -0.136. The van der Waals surface area contributed by atoms with E-state index in [1.807, 2.05) is 12.1 Å². The van der Waals surface area contributed by atoms with Gasteiger partial charge in [-0.15, -0.1) is 0 Å². The molecule has 4 heteroatoms. The minimum Gasteiger partial charge on any atom is -0.508 e. The van der Waals surface area contributed by atoms with Gasteiger partial charge >= 0.3 is 6.03 Å². The van der Waals surface area contributed by atoms with Crippen LogP contribution in [0.2, 0.25) is 0 Å². The monoisotopic (exact) mass is 340 g/mol. The number of carbonyl (C=O) groups excluding carboxylic acids is 1. The summed E-state index contributed by atoms with van der Waals surface area (Å²) in [5.41, 5.74) is 4.20. The van der Waals surface area contributed by atoms with Crippen molar-refractivity contribution in [3.05, 3.63) is 59.2 Å². The van der Waals surface area contributed by atoms with Crippen LogP contribution in [0.5, 0.6) is 5.75 Å². The summed E-state index contributed by atoms with van der Waals surface area (Å²) in [4.78, 5) is 14.3. The molecule has 2 aromatic carbocycles. The van der Waals surface area contributed by atoms with Crippen LogP contribution in [-0.2, 0) is 6.54 Å². The van der Waals surface area contributed by atoms with Gasteiger partial charge in [-0.2, -0.15) is 0 Å². The fourth-order valence-electron chi connectivity index (χ4n) is 2.84. The van der Waals surface area contributed by atoms with Crippen LogP contribution in [0.15, 0.2) is 42.5 Å². The van der Waals surface area contributed by atoms with Gasteiger partial charge in [0.15, 0.2) is 0 Å². The molecule has 0 saturated carbocycles. The predicted octanol–water partition coefficient (Wildman–Crippen LogP) is 5.30. The molecule has 0 aliphatic carbocycles. The van der Waals surface area contributed by atoms with E-state index in [9.17, 15) is 9.90 Å². The number of nitrogens with one attached hydrogen (secondary N) is 1. The molecule has 0 bridgehead atoms. The van der Waals surface area contributed by atoms with Crippen LogP contribution in [0.25, 0.3) is 0 Å². The third-order valence-electron chi connectivity index (χ3n) is 4.31. The van der Waals surface area contributed by atoms with Crippen LogP contribution >= 0.6 is 0 Å². The van der Waals surface area contributed by atoms with Gasteiger partial charge in [-0.3, -0.25) is 0 Å². The molecule has 0 saturated heterocycles. The number of rotatable bonds is 5. The SMILES string of the molecule is CC(C)c1cccc(C(C)C)c1NC(=O)N(C)Cc1ccc(O)cc1. The molecule has 0 fully saturated rings. The summed E-state index contributed by atoms with van der Waals surface area (Å²) in [7, 11) is 1.77. The fourth-order valence-corrected chi connectivity index (χ4v) is 2.84. The molecule has 0 heterocycles. The van der Waals surface area contributed by atoms with E-state index >= 15 is 0 Å². The van der Waals surface area contributed by atoms with E-state index < -0.39 is 0 Å². The number of nitrogens with zero attached hydrogens (tertiary/aromatic N) is 1. The van der Waals surface area contributed by atoms with Crippen LogP contribution in [0, 0.1) is 0 Å². The van der Waals surface area contributed by atoms with E-state index in [2.05, 4.69) is 51.2 Å². The minimum absolute atomic E-state index is 0.136. The number of hydrogen-bond donors (Lipinski definition) is 2.